The highest BCUT2D eigenvalue weighted by atomic mass is 35.5. The van der Waals surface area contributed by atoms with E-state index in [4.69, 9.17) is 16.3 Å². The first-order valence-corrected chi connectivity index (χ1v) is 7.24. The van der Waals surface area contributed by atoms with Gasteiger partial charge in [-0.25, -0.2) is 24.3 Å². The van der Waals surface area contributed by atoms with Gasteiger partial charge in [0.1, 0.15) is 11.9 Å². The molecule has 0 aliphatic carbocycles. The minimum absolute atomic E-state index is 0.405. The van der Waals surface area contributed by atoms with Gasteiger partial charge in [-0.15, -0.1) is 0 Å². The maximum absolute atomic E-state index is 14.3. The fourth-order valence-electron chi connectivity index (χ4n) is 2.25. The van der Waals surface area contributed by atoms with Crippen molar-refractivity contribution in [3.8, 4) is 0 Å². The van der Waals surface area contributed by atoms with E-state index in [1.54, 1.807) is 18.2 Å². The number of imidazole rings is 1. The fourth-order valence-corrected chi connectivity index (χ4v) is 2.49. The van der Waals surface area contributed by atoms with E-state index in [1.807, 2.05) is 14.1 Å². The molecule has 2 aromatic rings. The molecule has 118 valence electrons. The normalized spacial score (nSPS) is 28.8. The van der Waals surface area contributed by atoms with Crippen LogP contribution in [0, 0.1) is 5.92 Å². The van der Waals surface area contributed by atoms with Gasteiger partial charge in [-0.2, -0.15) is 0 Å². The standard InChI is InChI=1S/C13H16ClFN6O/c1-7-8(15)13(22-10(7)14)21-6-18-9-11(19-5-20(2)3)16-4-17-12(9)21/h4-8,10,13H,1-3H3/t7-,8-,10-,13+/m0/s1. The molecule has 9 heteroatoms. The molecule has 0 saturated carbocycles. The minimum Gasteiger partial charge on any atom is -0.369 e. The van der Waals surface area contributed by atoms with Crippen molar-refractivity contribution in [1.29, 1.82) is 0 Å². The molecule has 22 heavy (non-hydrogen) atoms. The second-order valence-corrected chi connectivity index (χ2v) is 5.84. The fraction of sp³-hybridized carbons (Fsp3) is 0.538. The zero-order valence-electron chi connectivity index (χ0n) is 12.4. The van der Waals surface area contributed by atoms with Crippen LogP contribution in [0.1, 0.15) is 13.2 Å². The Kier molecular flexibility index (Phi) is 3.96. The van der Waals surface area contributed by atoms with Crippen molar-refractivity contribution >= 4 is 34.9 Å². The van der Waals surface area contributed by atoms with Gasteiger partial charge in [0.15, 0.2) is 29.4 Å². The van der Waals surface area contributed by atoms with Crippen LogP contribution in [0.3, 0.4) is 0 Å². The van der Waals surface area contributed by atoms with Gasteiger partial charge in [-0.1, -0.05) is 18.5 Å². The summed E-state index contributed by atoms with van der Waals surface area (Å²) >= 11 is 5.98. The summed E-state index contributed by atoms with van der Waals surface area (Å²) in [4.78, 5) is 18.5. The van der Waals surface area contributed by atoms with E-state index in [2.05, 4.69) is 19.9 Å². The van der Waals surface area contributed by atoms with Crippen LogP contribution in [0.4, 0.5) is 10.2 Å². The molecule has 0 amide bonds. The third kappa shape index (κ3) is 2.52. The van der Waals surface area contributed by atoms with E-state index in [1.165, 1.54) is 17.2 Å². The molecule has 1 saturated heterocycles. The quantitative estimate of drug-likeness (QED) is 0.491. The maximum Gasteiger partial charge on any atom is 0.184 e. The summed E-state index contributed by atoms with van der Waals surface area (Å²) in [6.45, 7) is 1.71. The van der Waals surface area contributed by atoms with Gasteiger partial charge in [-0.3, -0.25) is 4.57 Å². The van der Waals surface area contributed by atoms with Crippen molar-refractivity contribution in [3.63, 3.8) is 0 Å². The van der Waals surface area contributed by atoms with Gasteiger partial charge < -0.3 is 9.64 Å². The number of fused-ring (bicyclic) bond motifs is 1. The van der Waals surface area contributed by atoms with Crippen LogP contribution in [0.15, 0.2) is 17.6 Å². The second-order valence-electron chi connectivity index (χ2n) is 5.41. The summed E-state index contributed by atoms with van der Waals surface area (Å²) in [5.41, 5.74) is 0.277. The molecule has 1 aliphatic rings. The topological polar surface area (TPSA) is 68.4 Å². The van der Waals surface area contributed by atoms with Crippen LogP contribution in [0.2, 0.25) is 0 Å². The predicted octanol–water partition coefficient (Wildman–Crippen LogP) is 2.12. The van der Waals surface area contributed by atoms with Gasteiger partial charge in [0.25, 0.3) is 0 Å². The van der Waals surface area contributed by atoms with Crippen molar-refractivity contribution in [2.75, 3.05) is 14.1 Å². The molecule has 0 aromatic carbocycles. The number of aromatic nitrogens is 4. The number of hydrogen-bond donors (Lipinski definition) is 0. The molecule has 0 spiro atoms. The van der Waals surface area contributed by atoms with Gasteiger partial charge in [0, 0.05) is 20.0 Å². The zero-order valence-corrected chi connectivity index (χ0v) is 13.1. The van der Waals surface area contributed by atoms with Crippen molar-refractivity contribution < 1.29 is 9.13 Å². The molecule has 0 bridgehead atoms. The largest absolute Gasteiger partial charge is 0.369 e. The van der Waals surface area contributed by atoms with E-state index in [9.17, 15) is 4.39 Å². The van der Waals surface area contributed by atoms with Crippen molar-refractivity contribution in [1.82, 2.24) is 24.4 Å². The van der Waals surface area contributed by atoms with Crippen LogP contribution in [-0.2, 0) is 4.74 Å². The second kappa shape index (κ2) is 5.77. The Morgan fingerprint density at radius 1 is 1.41 bits per heavy atom. The van der Waals surface area contributed by atoms with Crippen molar-refractivity contribution in [2.45, 2.75) is 24.9 Å². The van der Waals surface area contributed by atoms with Crippen LogP contribution in [0.5, 0.6) is 0 Å². The monoisotopic (exact) mass is 326 g/mol. The highest BCUT2D eigenvalue weighted by Crippen LogP contribution is 2.39. The molecule has 3 heterocycles. The molecule has 1 aliphatic heterocycles. The maximum atomic E-state index is 14.3. The SMILES string of the molecule is C[C@H]1[C@H](F)[C@H](n2cnc3c(N=CN(C)C)ncnc32)O[C@@H]1Cl. The van der Waals surface area contributed by atoms with Crippen LogP contribution in [-0.4, -0.2) is 56.6 Å². The summed E-state index contributed by atoms with van der Waals surface area (Å²) < 4.78 is 21.4. The van der Waals surface area contributed by atoms with Crippen LogP contribution >= 0.6 is 11.6 Å². The lowest BCUT2D eigenvalue weighted by Crippen LogP contribution is -2.19. The van der Waals surface area contributed by atoms with Gasteiger partial charge in [0.05, 0.1) is 12.7 Å². The molecule has 2 aromatic heterocycles. The van der Waals surface area contributed by atoms with E-state index in [0.717, 1.165) is 0 Å². The number of alkyl halides is 2. The molecular formula is C13H16ClFN6O. The highest BCUT2D eigenvalue weighted by Gasteiger charge is 2.43. The van der Waals surface area contributed by atoms with Gasteiger partial charge >= 0.3 is 0 Å². The lowest BCUT2D eigenvalue weighted by atomic mass is 10.1. The minimum atomic E-state index is -1.23. The van der Waals surface area contributed by atoms with E-state index < -0.39 is 23.9 Å². The average molecular weight is 327 g/mol. The predicted molar refractivity (Wildman–Crippen MR) is 81.0 cm³/mol. The highest BCUT2D eigenvalue weighted by molar-refractivity contribution is 6.20. The first-order chi connectivity index (χ1) is 10.5. The van der Waals surface area contributed by atoms with Gasteiger partial charge in [-0.05, 0) is 0 Å². The first kappa shape index (κ1) is 15.1. The Bertz CT molecular complexity index is 705. The molecule has 1 fully saturated rings. The molecule has 0 N–H and O–H groups in total. The zero-order chi connectivity index (χ0) is 15.9. The summed E-state index contributed by atoms with van der Waals surface area (Å²) in [7, 11) is 3.70. The van der Waals surface area contributed by atoms with Crippen molar-refractivity contribution in [2.24, 2.45) is 10.9 Å². The summed E-state index contributed by atoms with van der Waals surface area (Å²) in [5, 5.41) is 0. The Morgan fingerprint density at radius 3 is 2.82 bits per heavy atom. The Balaban J connectivity index is 2.01. The Morgan fingerprint density at radius 2 is 2.18 bits per heavy atom. The van der Waals surface area contributed by atoms with Crippen molar-refractivity contribution in [3.05, 3.63) is 12.7 Å². The number of nitrogens with zero attached hydrogens (tertiary/aromatic N) is 6. The number of halogens is 2. The number of aliphatic imine (C=N–C) groups is 1. The smallest absolute Gasteiger partial charge is 0.184 e. The lowest BCUT2D eigenvalue weighted by molar-refractivity contribution is 0.0108. The molecule has 0 radical (unpaired) electrons. The number of rotatable bonds is 3. The molecule has 3 rings (SSSR count). The molecule has 7 nitrogen and oxygen atoms in total. The Hall–Kier alpha value is -1.80. The summed E-state index contributed by atoms with van der Waals surface area (Å²) in [6.07, 6.45) is 2.38. The third-order valence-corrected chi connectivity index (χ3v) is 3.98. The molecular weight excluding hydrogens is 311 g/mol. The summed E-state index contributed by atoms with van der Waals surface area (Å²) in [5.74, 6) is 0.0125. The first-order valence-electron chi connectivity index (χ1n) is 6.81. The Labute approximate surface area is 131 Å². The van der Waals surface area contributed by atoms with E-state index in [-0.39, 0.29) is 0 Å². The average Bonchev–Trinajstić information content (AvgIpc) is 3.02. The van der Waals surface area contributed by atoms with Crippen LogP contribution in [0.25, 0.3) is 11.2 Å². The van der Waals surface area contributed by atoms with Gasteiger partial charge in [0.2, 0.25) is 0 Å². The number of ether oxygens (including phenoxy) is 1. The lowest BCUT2D eigenvalue weighted by Gasteiger charge is -2.14. The number of hydrogen-bond acceptors (Lipinski definition) is 5. The molecule has 0 unspecified atom stereocenters. The summed E-state index contributed by atoms with van der Waals surface area (Å²) in [6, 6.07) is 0. The molecule has 4 atom stereocenters. The van der Waals surface area contributed by atoms with E-state index >= 15 is 0 Å². The van der Waals surface area contributed by atoms with Crippen LogP contribution < -0.4 is 0 Å². The van der Waals surface area contributed by atoms with E-state index in [0.29, 0.717) is 17.0 Å². The third-order valence-electron chi connectivity index (χ3n) is 3.48.